The first-order valence-corrected chi connectivity index (χ1v) is 11.0. The molecule has 31 heavy (non-hydrogen) atoms. The molecule has 2 aliphatic rings. The molecule has 2 aliphatic carbocycles. The molecule has 0 bridgehead atoms. The SMILES string of the molecule is CCC1CCC(C2CCC(C(=O)Oc3ccc(OC(F)(F)C(F)(F)F)cc3)CC2)CC1. The maximum Gasteiger partial charge on any atom is 0.499 e. The molecule has 1 aromatic carbocycles. The number of benzene rings is 1. The molecule has 0 heterocycles. The Bertz CT molecular complexity index is 716. The van der Waals surface area contributed by atoms with Crippen molar-refractivity contribution in [2.45, 2.75) is 77.0 Å². The maximum atomic E-state index is 12.9. The summed E-state index contributed by atoms with van der Waals surface area (Å²) in [4.78, 5) is 12.5. The van der Waals surface area contributed by atoms with Gasteiger partial charge in [0.05, 0.1) is 5.92 Å². The molecule has 0 radical (unpaired) electrons. The first-order valence-electron chi connectivity index (χ1n) is 11.0. The second-order valence-corrected chi connectivity index (χ2v) is 8.81. The molecule has 0 amide bonds. The minimum Gasteiger partial charge on any atom is -0.426 e. The molecule has 2 fully saturated rings. The first kappa shape index (κ1) is 23.8. The lowest BCUT2D eigenvalue weighted by molar-refractivity contribution is -0.360. The Morgan fingerprint density at radius 2 is 1.32 bits per heavy atom. The van der Waals surface area contributed by atoms with Crippen LogP contribution >= 0.6 is 0 Å². The van der Waals surface area contributed by atoms with Crippen molar-refractivity contribution in [3.8, 4) is 11.5 Å². The quantitative estimate of drug-likeness (QED) is 0.263. The lowest BCUT2D eigenvalue weighted by Crippen LogP contribution is -2.41. The molecule has 3 nitrogen and oxygen atoms in total. The van der Waals surface area contributed by atoms with Crippen molar-refractivity contribution >= 4 is 5.97 Å². The fraction of sp³-hybridized carbons (Fsp3) is 0.696. The Morgan fingerprint density at radius 3 is 1.81 bits per heavy atom. The average Bonchev–Trinajstić information content (AvgIpc) is 2.74. The van der Waals surface area contributed by atoms with Crippen LogP contribution in [-0.2, 0) is 4.79 Å². The van der Waals surface area contributed by atoms with Crippen LogP contribution in [0, 0.1) is 23.7 Å². The fourth-order valence-electron chi connectivity index (χ4n) is 4.88. The average molecular weight is 448 g/mol. The molecule has 0 spiro atoms. The molecule has 0 aromatic heterocycles. The molecule has 0 saturated heterocycles. The summed E-state index contributed by atoms with van der Waals surface area (Å²) in [5, 5.41) is 0. The number of carbonyl (C=O) groups is 1. The Hall–Kier alpha value is -1.86. The molecule has 0 unspecified atom stereocenters. The monoisotopic (exact) mass is 448 g/mol. The van der Waals surface area contributed by atoms with Gasteiger partial charge in [0.1, 0.15) is 11.5 Å². The van der Waals surface area contributed by atoms with E-state index in [1.165, 1.54) is 32.1 Å². The van der Waals surface area contributed by atoms with E-state index < -0.39 is 18.0 Å². The van der Waals surface area contributed by atoms with Crippen LogP contribution in [0.2, 0.25) is 0 Å². The van der Waals surface area contributed by atoms with Gasteiger partial charge in [0, 0.05) is 0 Å². The van der Waals surface area contributed by atoms with Crippen LogP contribution < -0.4 is 9.47 Å². The van der Waals surface area contributed by atoms with Gasteiger partial charge < -0.3 is 9.47 Å². The number of halogens is 5. The summed E-state index contributed by atoms with van der Waals surface area (Å²) < 4.78 is 71.6. The number of hydrogen-bond acceptors (Lipinski definition) is 3. The van der Waals surface area contributed by atoms with Crippen molar-refractivity contribution in [2.24, 2.45) is 23.7 Å². The summed E-state index contributed by atoms with van der Waals surface area (Å²) in [6.45, 7) is 2.25. The smallest absolute Gasteiger partial charge is 0.426 e. The molecule has 0 N–H and O–H groups in total. The van der Waals surface area contributed by atoms with Crippen molar-refractivity contribution < 1.29 is 36.2 Å². The zero-order valence-electron chi connectivity index (χ0n) is 17.6. The first-order chi connectivity index (χ1) is 14.6. The van der Waals surface area contributed by atoms with E-state index in [-0.39, 0.29) is 17.6 Å². The predicted octanol–water partition coefficient (Wildman–Crippen LogP) is 7.15. The van der Waals surface area contributed by atoms with Gasteiger partial charge in [-0.3, -0.25) is 4.79 Å². The Kier molecular flexibility index (Phi) is 7.47. The van der Waals surface area contributed by atoms with Gasteiger partial charge in [-0.15, -0.1) is 0 Å². The molecule has 0 aliphatic heterocycles. The molecule has 2 saturated carbocycles. The van der Waals surface area contributed by atoms with Crippen LogP contribution in [0.3, 0.4) is 0 Å². The summed E-state index contributed by atoms with van der Waals surface area (Å²) in [7, 11) is 0. The third kappa shape index (κ3) is 6.10. The number of esters is 1. The number of alkyl halides is 5. The Labute approximate surface area is 179 Å². The minimum absolute atomic E-state index is 0.0905. The fourth-order valence-corrected chi connectivity index (χ4v) is 4.88. The lowest BCUT2D eigenvalue weighted by atomic mass is 9.69. The molecule has 8 heteroatoms. The molecule has 174 valence electrons. The van der Waals surface area contributed by atoms with Crippen molar-refractivity contribution in [1.82, 2.24) is 0 Å². The Balaban J connectivity index is 1.46. The van der Waals surface area contributed by atoms with E-state index in [2.05, 4.69) is 11.7 Å². The lowest BCUT2D eigenvalue weighted by Gasteiger charge is -2.37. The summed E-state index contributed by atoms with van der Waals surface area (Å²) >= 11 is 0. The molecule has 1 aromatic rings. The van der Waals surface area contributed by atoms with E-state index >= 15 is 0 Å². The van der Waals surface area contributed by atoms with Gasteiger partial charge in [-0.25, -0.2) is 0 Å². The van der Waals surface area contributed by atoms with E-state index in [1.54, 1.807) is 0 Å². The van der Waals surface area contributed by atoms with E-state index in [0.717, 1.165) is 61.8 Å². The second kappa shape index (κ2) is 9.74. The topological polar surface area (TPSA) is 35.5 Å². The van der Waals surface area contributed by atoms with E-state index in [4.69, 9.17) is 4.74 Å². The minimum atomic E-state index is -5.81. The van der Waals surface area contributed by atoms with Gasteiger partial charge in [0.25, 0.3) is 0 Å². The molecule has 0 atom stereocenters. The molecular formula is C23H29F5O3. The molecule has 3 rings (SSSR count). The molecular weight excluding hydrogens is 419 g/mol. The van der Waals surface area contributed by atoms with Crippen molar-refractivity contribution in [1.29, 1.82) is 0 Å². The highest BCUT2D eigenvalue weighted by Gasteiger charge is 2.61. The van der Waals surface area contributed by atoms with Crippen LogP contribution in [-0.4, -0.2) is 18.3 Å². The predicted molar refractivity (Wildman–Crippen MR) is 105 cm³/mol. The van der Waals surface area contributed by atoms with Gasteiger partial charge in [0.15, 0.2) is 0 Å². The van der Waals surface area contributed by atoms with E-state index in [1.807, 2.05) is 0 Å². The van der Waals surface area contributed by atoms with Crippen LogP contribution in [0.4, 0.5) is 22.0 Å². The van der Waals surface area contributed by atoms with Gasteiger partial charge in [-0.2, -0.15) is 22.0 Å². The van der Waals surface area contributed by atoms with E-state index in [9.17, 15) is 26.7 Å². The highest BCUT2D eigenvalue weighted by atomic mass is 19.4. The number of carbonyl (C=O) groups excluding carboxylic acids is 1. The van der Waals surface area contributed by atoms with Gasteiger partial charge in [0.2, 0.25) is 0 Å². The Morgan fingerprint density at radius 1 is 0.839 bits per heavy atom. The number of rotatable bonds is 6. The highest BCUT2D eigenvalue weighted by Crippen LogP contribution is 2.42. The van der Waals surface area contributed by atoms with Crippen LogP contribution in [0.5, 0.6) is 11.5 Å². The van der Waals surface area contributed by atoms with Crippen LogP contribution in [0.1, 0.15) is 64.7 Å². The van der Waals surface area contributed by atoms with Crippen LogP contribution in [0.25, 0.3) is 0 Å². The summed E-state index contributed by atoms with van der Waals surface area (Å²) in [5.41, 5.74) is 0. The normalized spacial score (nSPS) is 27.5. The summed E-state index contributed by atoms with van der Waals surface area (Å²) in [6, 6.07) is 4.15. The second-order valence-electron chi connectivity index (χ2n) is 8.81. The number of hydrogen-bond donors (Lipinski definition) is 0. The zero-order valence-corrected chi connectivity index (χ0v) is 17.6. The van der Waals surface area contributed by atoms with E-state index in [0.29, 0.717) is 5.92 Å². The standard InChI is InChI=1S/C23H29F5O3/c1-2-15-3-5-16(6-4-15)17-7-9-18(10-8-17)21(29)30-19-11-13-20(14-12-19)31-23(27,28)22(24,25)26/h11-18H,2-10H2,1H3. The van der Waals surface area contributed by atoms with Gasteiger partial charge in [-0.1, -0.05) is 26.2 Å². The van der Waals surface area contributed by atoms with Gasteiger partial charge in [-0.05, 0) is 80.5 Å². The highest BCUT2D eigenvalue weighted by molar-refractivity contribution is 5.75. The third-order valence-corrected chi connectivity index (χ3v) is 6.86. The summed E-state index contributed by atoms with van der Waals surface area (Å²) in [5.74, 6) is 1.10. The van der Waals surface area contributed by atoms with Gasteiger partial charge >= 0.3 is 18.3 Å². The zero-order chi connectivity index (χ0) is 22.6. The van der Waals surface area contributed by atoms with Crippen molar-refractivity contribution in [3.63, 3.8) is 0 Å². The van der Waals surface area contributed by atoms with Crippen molar-refractivity contribution in [2.75, 3.05) is 0 Å². The largest absolute Gasteiger partial charge is 0.499 e. The maximum absolute atomic E-state index is 12.9. The van der Waals surface area contributed by atoms with Crippen LogP contribution in [0.15, 0.2) is 24.3 Å². The third-order valence-electron chi connectivity index (χ3n) is 6.86. The summed E-state index contributed by atoms with van der Waals surface area (Å²) in [6.07, 6.45) is -1.17. The number of ether oxygens (including phenoxy) is 2. The van der Waals surface area contributed by atoms with Crippen molar-refractivity contribution in [3.05, 3.63) is 24.3 Å².